The highest BCUT2D eigenvalue weighted by atomic mass is 16.5. The van der Waals surface area contributed by atoms with E-state index in [0.717, 1.165) is 56.6 Å². The summed E-state index contributed by atoms with van der Waals surface area (Å²) < 4.78 is 5.40. The van der Waals surface area contributed by atoms with Crippen LogP contribution in [-0.4, -0.2) is 37.6 Å². The van der Waals surface area contributed by atoms with E-state index in [1.165, 1.54) is 16.7 Å². The van der Waals surface area contributed by atoms with Crippen LogP contribution in [0.3, 0.4) is 0 Å². The van der Waals surface area contributed by atoms with Gasteiger partial charge in [-0.05, 0) is 80.8 Å². The van der Waals surface area contributed by atoms with E-state index >= 15 is 0 Å². The van der Waals surface area contributed by atoms with Gasteiger partial charge in [0.05, 0.1) is 7.11 Å². The molecule has 2 aliphatic rings. The number of benzene rings is 2. The number of rotatable bonds is 7. The van der Waals surface area contributed by atoms with Crippen LogP contribution < -0.4 is 10.1 Å². The second-order valence-electron chi connectivity index (χ2n) is 9.18. The first-order valence-corrected chi connectivity index (χ1v) is 11.2. The number of likely N-dealkylation sites (tertiary alicyclic amines) is 1. The maximum Gasteiger partial charge on any atom is 0.223 e. The molecule has 1 atom stereocenters. The Morgan fingerprint density at radius 1 is 1.13 bits per heavy atom. The Labute approximate surface area is 180 Å². The number of hydrogen-bond acceptors (Lipinski definition) is 3. The smallest absolute Gasteiger partial charge is 0.223 e. The fourth-order valence-electron chi connectivity index (χ4n) is 5.04. The molecule has 1 aliphatic carbocycles. The van der Waals surface area contributed by atoms with E-state index in [-0.39, 0.29) is 17.2 Å². The van der Waals surface area contributed by atoms with Gasteiger partial charge in [-0.3, -0.25) is 9.69 Å². The Balaban J connectivity index is 1.23. The van der Waals surface area contributed by atoms with E-state index in [0.29, 0.717) is 6.54 Å². The van der Waals surface area contributed by atoms with Gasteiger partial charge in [0, 0.05) is 19.0 Å². The van der Waals surface area contributed by atoms with Crippen molar-refractivity contribution in [2.45, 2.75) is 46.1 Å². The monoisotopic (exact) mass is 406 g/mol. The third-order valence-corrected chi connectivity index (χ3v) is 7.14. The predicted octanol–water partition coefficient (Wildman–Crippen LogP) is 4.27. The lowest BCUT2D eigenvalue weighted by Gasteiger charge is -2.33. The van der Waals surface area contributed by atoms with Crippen LogP contribution >= 0.6 is 0 Å². The van der Waals surface area contributed by atoms with E-state index in [1.54, 1.807) is 7.11 Å². The van der Waals surface area contributed by atoms with Gasteiger partial charge in [-0.2, -0.15) is 0 Å². The molecule has 1 amide bonds. The van der Waals surface area contributed by atoms with Crippen molar-refractivity contribution in [2.75, 3.05) is 26.7 Å². The van der Waals surface area contributed by atoms with Gasteiger partial charge in [0.25, 0.3) is 0 Å². The highest BCUT2D eigenvalue weighted by molar-refractivity contribution is 5.82. The van der Waals surface area contributed by atoms with E-state index in [1.807, 2.05) is 18.2 Å². The summed E-state index contributed by atoms with van der Waals surface area (Å²) in [4.78, 5) is 15.3. The molecule has 4 heteroatoms. The second kappa shape index (κ2) is 8.81. The molecule has 1 spiro atoms. The van der Waals surface area contributed by atoms with Gasteiger partial charge in [0.2, 0.25) is 5.91 Å². The zero-order chi connectivity index (χ0) is 21.1. The van der Waals surface area contributed by atoms with Crippen molar-refractivity contribution in [1.82, 2.24) is 10.2 Å². The van der Waals surface area contributed by atoms with Crippen LogP contribution in [0.4, 0.5) is 0 Å². The van der Waals surface area contributed by atoms with E-state index in [4.69, 9.17) is 4.74 Å². The van der Waals surface area contributed by atoms with Gasteiger partial charge in [-0.15, -0.1) is 0 Å². The van der Waals surface area contributed by atoms with Crippen LogP contribution in [-0.2, 0) is 17.8 Å². The number of piperidine rings is 1. The molecule has 1 N–H and O–H groups in total. The first-order chi connectivity index (χ1) is 14.5. The Hall–Kier alpha value is -2.33. The minimum absolute atomic E-state index is 0.207. The summed E-state index contributed by atoms with van der Waals surface area (Å²) in [5.74, 6) is 1.34. The minimum atomic E-state index is 0.207. The van der Waals surface area contributed by atoms with Crippen molar-refractivity contribution in [3.05, 3.63) is 64.7 Å². The molecule has 1 aliphatic heterocycles. The third kappa shape index (κ3) is 4.54. The molecule has 0 bridgehead atoms. The molecule has 30 heavy (non-hydrogen) atoms. The SMILES string of the molecule is COc1ccccc1CCNC(=O)C1CC12CCN(Cc1ccc(C)cc1C)CC2. The Bertz CT molecular complexity index is 900. The molecule has 1 heterocycles. The van der Waals surface area contributed by atoms with Crippen molar-refractivity contribution < 1.29 is 9.53 Å². The first-order valence-electron chi connectivity index (χ1n) is 11.2. The summed E-state index contributed by atoms with van der Waals surface area (Å²) in [5, 5.41) is 3.17. The number of carbonyl (C=O) groups is 1. The zero-order valence-electron chi connectivity index (χ0n) is 18.5. The van der Waals surface area contributed by atoms with E-state index in [2.05, 4.69) is 48.3 Å². The lowest BCUT2D eigenvalue weighted by Crippen LogP contribution is -2.37. The van der Waals surface area contributed by atoms with Gasteiger partial charge >= 0.3 is 0 Å². The van der Waals surface area contributed by atoms with Crippen molar-refractivity contribution in [2.24, 2.45) is 11.3 Å². The number of hydrogen-bond donors (Lipinski definition) is 1. The average molecular weight is 407 g/mol. The lowest BCUT2D eigenvalue weighted by atomic mass is 9.90. The van der Waals surface area contributed by atoms with E-state index in [9.17, 15) is 4.79 Å². The van der Waals surface area contributed by atoms with Crippen molar-refractivity contribution in [3.8, 4) is 5.75 Å². The molecule has 4 nitrogen and oxygen atoms in total. The van der Waals surface area contributed by atoms with Crippen LogP contribution in [0, 0.1) is 25.2 Å². The molecule has 2 fully saturated rings. The third-order valence-electron chi connectivity index (χ3n) is 7.14. The summed E-state index contributed by atoms with van der Waals surface area (Å²) in [7, 11) is 1.69. The number of carbonyl (C=O) groups excluding carboxylic acids is 1. The average Bonchev–Trinajstić information content (AvgIpc) is 3.45. The summed E-state index contributed by atoms with van der Waals surface area (Å²) in [6.45, 7) is 8.25. The Morgan fingerprint density at radius 2 is 1.90 bits per heavy atom. The van der Waals surface area contributed by atoms with Crippen LogP contribution in [0.25, 0.3) is 0 Å². The molecule has 2 aromatic rings. The summed E-state index contributed by atoms with van der Waals surface area (Å²) >= 11 is 0. The Kier molecular flexibility index (Phi) is 6.14. The van der Waals surface area contributed by atoms with Crippen molar-refractivity contribution >= 4 is 5.91 Å². The quantitative estimate of drug-likeness (QED) is 0.746. The highest BCUT2D eigenvalue weighted by Gasteiger charge is 2.58. The largest absolute Gasteiger partial charge is 0.496 e. The molecule has 160 valence electrons. The van der Waals surface area contributed by atoms with Gasteiger partial charge in [-0.25, -0.2) is 0 Å². The molecule has 2 aromatic carbocycles. The molecule has 0 radical (unpaired) electrons. The molecule has 4 rings (SSSR count). The number of aryl methyl sites for hydroxylation is 2. The standard InChI is InChI=1S/C26H34N2O2/c1-19-8-9-22(20(2)16-19)18-28-14-11-26(12-15-28)17-23(26)25(29)27-13-10-21-6-4-5-7-24(21)30-3/h4-9,16,23H,10-15,17-18H2,1-3H3,(H,27,29). The number of nitrogens with zero attached hydrogens (tertiary/aromatic N) is 1. The number of nitrogens with one attached hydrogen (secondary N) is 1. The van der Waals surface area contributed by atoms with Gasteiger partial charge in [0.15, 0.2) is 0 Å². The number of ether oxygens (including phenoxy) is 1. The fraction of sp³-hybridized carbons (Fsp3) is 0.500. The molecular formula is C26H34N2O2. The number of amides is 1. The topological polar surface area (TPSA) is 41.6 Å². The lowest BCUT2D eigenvalue weighted by molar-refractivity contribution is -0.123. The fourth-order valence-corrected chi connectivity index (χ4v) is 5.04. The summed E-state index contributed by atoms with van der Waals surface area (Å²) in [6.07, 6.45) is 4.15. The maximum absolute atomic E-state index is 12.7. The minimum Gasteiger partial charge on any atom is -0.496 e. The molecule has 1 unspecified atom stereocenters. The van der Waals surface area contributed by atoms with Crippen LogP contribution in [0.5, 0.6) is 5.75 Å². The predicted molar refractivity (Wildman–Crippen MR) is 121 cm³/mol. The number of para-hydroxylation sites is 1. The van der Waals surface area contributed by atoms with Gasteiger partial charge in [0.1, 0.15) is 5.75 Å². The van der Waals surface area contributed by atoms with Crippen LogP contribution in [0.1, 0.15) is 41.5 Å². The first kappa shape index (κ1) is 20.9. The van der Waals surface area contributed by atoms with Gasteiger partial charge < -0.3 is 10.1 Å². The van der Waals surface area contributed by atoms with Gasteiger partial charge in [-0.1, -0.05) is 42.0 Å². The highest BCUT2D eigenvalue weighted by Crippen LogP contribution is 2.59. The maximum atomic E-state index is 12.7. The molecule has 1 saturated heterocycles. The molecular weight excluding hydrogens is 372 g/mol. The van der Waals surface area contributed by atoms with Crippen molar-refractivity contribution in [3.63, 3.8) is 0 Å². The normalized spacial score (nSPS) is 20.2. The second-order valence-corrected chi connectivity index (χ2v) is 9.18. The van der Waals surface area contributed by atoms with Crippen molar-refractivity contribution in [1.29, 1.82) is 0 Å². The summed E-state index contributed by atoms with van der Waals surface area (Å²) in [5.41, 5.74) is 5.54. The van der Waals surface area contributed by atoms with E-state index < -0.39 is 0 Å². The molecule has 0 aromatic heterocycles. The van der Waals surface area contributed by atoms with Crippen LogP contribution in [0.15, 0.2) is 42.5 Å². The van der Waals surface area contributed by atoms with Crippen LogP contribution in [0.2, 0.25) is 0 Å². The Morgan fingerprint density at radius 3 is 2.63 bits per heavy atom. The summed E-state index contributed by atoms with van der Waals surface area (Å²) in [6, 6.07) is 14.8. The zero-order valence-corrected chi connectivity index (χ0v) is 18.5. The number of methoxy groups -OCH3 is 1. The molecule has 1 saturated carbocycles.